The number of pyridine rings is 1. The SMILES string of the molecule is CN1CC(n2nc3ccncc3c2Cl)C1. The third-order valence-corrected chi connectivity index (χ3v) is 3.20. The Bertz CT molecular complexity index is 501. The van der Waals surface area contributed by atoms with Crippen molar-refractivity contribution >= 4 is 22.5 Å². The van der Waals surface area contributed by atoms with Gasteiger partial charge in [0.1, 0.15) is 5.15 Å². The number of likely N-dealkylation sites (N-methyl/N-ethyl adjacent to an activating group) is 1. The lowest BCUT2D eigenvalue weighted by Crippen LogP contribution is -2.45. The molecule has 0 amide bonds. The zero-order valence-electron chi connectivity index (χ0n) is 8.39. The summed E-state index contributed by atoms with van der Waals surface area (Å²) in [7, 11) is 2.09. The van der Waals surface area contributed by atoms with Crippen LogP contribution in [0.25, 0.3) is 10.9 Å². The van der Waals surface area contributed by atoms with Gasteiger partial charge in [0.2, 0.25) is 0 Å². The van der Waals surface area contributed by atoms with Crippen LogP contribution in [0.5, 0.6) is 0 Å². The number of halogens is 1. The second kappa shape index (κ2) is 3.18. The molecule has 1 fully saturated rings. The lowest BCUT2D eigenvalue weighted by molar-refractivity contribution is 0.131. The van der Waals surface area contributed by atoms with Crippen LogP contribution < -0.4 is 0 Å². The van der Waals surface area contributed by atoms with Gasteiger partial charge < -0.3 is 4.90 Å². The molecule has 4 nitrogen and oxygen atoms in total. The molecule has 1 saturated heterocycles. The summed E-state index contributed by atoms with van der Waals surface area (Å²) >= 11 is 6.25. The van der Waals surface area contributed by atoms with Gasteiger partial charge in [-0.1, -0.05) is 11.6 Å². The van der Waals surface area contributed by atoms with Crippen molar-refractivity contribution in [3.8, 4) is 0 Å². The summed E-state index contributed by atoms with van der Waals surface area (Å²) in [4.78, 5) is 6.30. The predicted octanol–water partition coefficient (Wildman–Crippen LogP) is 1.57. The molecule has 78 valence electrons. The molecular formula is C10H11ClN4. The summed E-state index contributed by atoms with van der Waals surface area (Å²) < 4.78 is 1.91. The van der Waals surface area contributed by atoms with Crippen LogP contribution in [0.2, 0.25) is 5.15 Å². The lowest BCUT2D eigenvalue weighted by atomic mass is 10.1. The Morgan fingerprint density at radius 1 is 1.47 bits per heavy atom. The molecule has 0 N–H and O–H groups in total. The van der Waals surface area contributed by atoms with Crippen molar-refractivity contribution in [1.29, 1.82) is 0 Å². The first-order valence-corrected chi connectivity index (χ1v) is 5.30. The molecule has 0 aromatic carbocycles. The molecule has 0 atom stereocenters. The number of rotatable bonds is 1. The van der Waals surface area contributed by atoms with Gasteiger partial charge in [-0.2, -0.15) is 5.10 Å². The maximum atomic E-state index is 6.25. The summed E-state index contributed by atoms with van der Waals surface area (Å²) in [5.41, 5.74) is 0.921. The Kier molecular flexibility index (Phi) is 1.94. The standard InChI is InChI=1S/C10H11ClN4/c1-14-5-7(6-14)15-10(11)8-4-12-3-2-9(8)13-15/h2-4,7H,5-6H2,1H3. The average Bonchev–Trinajstić information content (AvgIpc) is 2.52. The molecule has 5 heteroatoms. The Morgan fingerprint density at radius 3 is 2.93 bits per heavy atom. The molecule has 2 aromatic rings. The summed E-state index contributed by atoms with van der Waals surface area (Å²) in [5.74, 6) is 0. The van der Waals surface area contributed by atoms with E-state index >= 15 is 0 Å². The van der Waals surface area contributed by atoms with Gasteiger partial charge in [0.25, 0.3) is 0 Å². The third-order valence-electron chi connectivity index (χ3n) is 2.83. The molecule has 1 aliphatic rings. The number of likely N-dealkylation sites (tertiary alicyclic amines) is 1. The topological polar surface area (TPSA) is 34.0 Å². The van der Waals surface area contributed by atoms with Crippen LogP contribution in [0.1, 0.15) is 6.04 Å². The Balaban J connectivity index is 2.08. The minimum atomic E-state index is 0.412. The van der Waals surface area contributed by atoms with Crippen LogP contribution in [-0.2, 0) is 0 Å². The summed E-state index contributed by atoms with van der Waals surface area (Å²) in [6.07, 6.45) is 3.51. The van der Waals surface area contributed by atoms with E-state index in [1.807, 2.05) is 10.7 Å². The first-order valence-electron chi connectivity index (χ1n) is 4.92. The average molecular weight is 223 g/mol. The number of hydrogen-bond acceptors (Lipinski definition) is 3. The van der Waals surface area contributed by atoms with Crippen molar-refractivity contribution in [2.75, 3.05) is 20.1 Å². The Morgan fingerprint density at radius 2 is 2.27 bits per heavy atom. The first kappa shape index (κ1) is 9.12. The highest BCUT2D eigenvalue weighted by atomic mass is 35.5. The maximum Gasteiger partial charge on any atom is 0.136 e. The Hall–Kier alpha value is -1.13. The van der Waals surface area contributed by atoms with Crippen molar-refractivity contribution in [2.24, 2.45) is 0 Å². The zero-order chi connectivity index (χ0) is 10.4. The fourth-order valence-corrected chi connectivity index (χ4v) is 2.30. The van der Waals surface area contributed by atoms with Gasteiger partial charge in [0.15, 0.2) is 0 Å². The van der Waals surface area contributed by atoms with E-state index in [4.69, 9.17) is 11.6 Å². The molecule has 3 heterocycles. The van der Waals surface area contributed by atoms with Crippen LogP contribution in [0.15, 0.2) is 18.5 Å². The largest absolute Gasteiger partial charge is 0.302 e. The van der Waals surface area contributed by atoms with E-state index < -0.39 is 0 Å². The summed E-state index contributed by atoms with van der Waals surface area (Å²) in [6, 6.07) is 2.30. The van der Waals surface area contributed by atoms with Gasteiger partial charge in [-0.25, -0.2) is 4.68 Å². The highest BCUT2D eigenvalue weighted by molar-refractivity contribution is 6.34. The van der Waals surface area contributed by atoms with Gasteiger partial charge in [-0.3, -0.25) is 4.98 Å². The van der Waals surface area contributed by atoms with Crippen LogP contribution in [0.4, 0.5) is 0 Å². The fourth-order valence-electron chi connectivity index (χ4n) is 1.98. The third kappa shape index (κ3) is 1.33. The van der Waals surface area contributed by atoms with Crippen molar-refractivity contribution in [3.05, 3.63) is 23.6 Å². The van der Waals surface area contributed by atoms with Crippen molar-refractivity contribution in [2.45, 2.75) is 6.04 Å². The minimum absolute atomic E-state index is 0.412. The number of hydrogen-bond donors (Lipinski definition) is 0. The van der Waals surface area contributed by atoms with Crippen LogP contribution in [0, 0.1) is 0 Å². The highest BCUT2D eigenvalue weighted by Gasteiger charge is 2.27. The quantitative estimate of drug-likeness (QED) is 0.735. The zero-order valence-corrected chi connectivity index (χ0v) is 9.15. The van der Waals surface area contributed by atoms with Gasteiger partial charge >= 0.3 is 0 Å². The fraction of sp³-hybridized carbons (Fsp3) is 0.400. The van der Waals surface area contributed by atoms with Crippen molar-refractivity contribution in [1.82, 2.24) is 19.7 Å². The molecule has 2 aromatic heterocycles. The maximum absolute atomic E-state index is 6.25. The molecule has 0 radical (unpaired) electrons. The second-order valence-electron chi connectivity index (χ2n) is 4.00. The van der Waals surface area contributed by atoms with Gasteiger partial charge in [-0.15, -0.1) is 0 Å². The second-order valence-corrected chi connectivity index (χ2v) is 4.36. The number of aromatic nitrogens is 3. The van der Waals surface area contributed by atoms with Gasteiger partial charge in [-0.05, 0) is 13.1 Å². The van der Waals surface area contributed by atoms with E-state index in [0.29, 0.717) is 11.2 Å². The molecule has 3 rings (SSSR count). The van der Waals surface area contributed by atoms with Gasteiger partial charge in [0, 0.05) is 25.5 Å². The molecule has 0 bridgehead atoms. The lowest BCUT2D eigenvalue weighted by Gasteiger charge is -2.36. The van der Waals surface area contributed by atoms with E-state index in [0.717, 1.165) is 24.0 Å². The first-order chi connectivity index (χ1) is 7.25. The monoisotopic (exact) mass is 222 g/mol. The number of nitrogens with zero attached hydrogens (tertiary/aromatic N) is 4. The van der Waals surface area contributed by atoms with E-state index in [-0.39, 0.29) is 0 Å². The summed E-state index contributed by atoms with van der Waals surface area (Å²) in [5, 5.41) is 6.13. The molecule has 15 heavy (non-hydrogen) atoms. The van der Waals surface area contributed by atoms with E-state index in [2.05, 4.69) is 22.0 Å². The molecular weight excluding hydrogens is 212 g/mol. The van der Waals surface area contributed by atoms with Crippen molar-refractivity contribution < 1.29 is 0 Å². The normalized spacial score (nSPS) is 18.3. The molecule has 0 saturated carbocycles. The highest BCUT2D eigenvalue weighted by Crippen LogP contribution is 2.28. The van der Waals surface area contributed by atoms with Crippen LogP contribution >= 0.6 is 11.6 Å². The molecule has 0 spiro atoms. The molecule has 0 unspecified atom stereocenters. The molecule has 0 aliphatic carbocycles. The smallest absolute Gasteiger partial charge is 0.136 e. The van der Waals surface area contributed by atoms with E-state index in [9.17, 15) is 0 Å². The predicted molar refractivity (Wildman–Crippen MR) is 59.1 cm³/mol. The minimum Gasteiger partial charge on any atom is -0.302 e. The van der Waals surface area contributed by atoms with Crippen LogP contribution in [0.3, 0.4) is 0 Å². The van der Waals surface area contributed by atoms with E-state index in [1.165, 1.54) is 0 Å². The van der Waals surface area contributed by atoms with E-state index in [1.54, 1.807) is 12.4 Å². The number of fused-ring (bicyclic) bond motifs is 1. The molecule has 1 aliphatic heterocycles. The Labute approximate surface area is 92.5 Å². The summed E-state index contributed by atoms with van der Waals surface area (Å²) in [6.45, 7) is 2.03. The van der Waals surface area contributed by atoms with Crippen molar-refractivity contribution in [3.63, 3.8) is 0 Å². The van der Waals surface area contributed by atoms with Gasteiger partial charge in [0.05, 0.1) is 16.9 Å². The van der Waals surface area contributed by atoms with Crippen LogP contribution in [-0.4, -0.2) is 39.8 Å².